The number of ether oxygens (including phenoxy) is 1. The first-order valence-electron chi connectivity index (χ1n) is 5.04. The van der Waals surface area contributed by atoms with Crippen molar-refractivity contribution < 1.29 is 14.8 Å². The fourth-order valence-electron chi connectivity index (χ4n) is 1.61. The molecule has 0 saturated carbocycles. The molecule has 0 aromatic carbocycles. The molecule has 0 amide bonds. The van der Waals surface area contributed by atoms with Gasteiger partial charge in [0.15, 0.2) is 10.1 Å². The molecule has 0 aliphatic carbocycles. The van der Waals surface area contributed by atoms with Gasteiger partial charge in [0.1, 0.15) is 20.1 Å². The first-order valence-corrected chi connectivity index (χ1v) is 5.04. The lowest BCUT2D eigenvalue weighted by Gasteiger charge is -2.29. The van der Waals surface area contributed by atoms with Crippen LogP contribution in [0, 0.1) is 20.2 Å². The van der Waals surface area contributed by atoms with Crippen LogP contribution >= 0.6 is 0 Å². The molecule has 1 heterocycles. The van der Waals surface area contributed by atoms with Gasteiger partial charge in [-0.05, 0) is 6.42 Å². The van der Waals surface area contributed by atoms with Gasteiger partial charge in [-0.15, -0.1) is 10.0 Å². The first-order chi connectivity index (χ1) is 8.04. The van der Waals surface area contributed by atoms with Crippen molar-refractivity contribution in [1.82, 2.24) is 14.9 Å². The standard InChI is InChI=1S/C7H15N5O5/c1-17-7-8-5-9(11(13)14)3-2-4-10(6-8)12(15)16/h2-7H2,1H3. The normalized spacial score (nSPS) is 18.6. The summed E-state index contributed by atoms with van der Waals surface area (Å²) in [5, 5.41) is 22.5. The van der Waals surface area contributed by atoms with Crippen molar-refractivity contribution in [2.45, 2.75) is 6.42 Å². The van der Waals surface area contributed by atoms with E-state index in [2.05, 4.69) is 0 Å². The van der Waals surface area contributed by atoms with Crippen LogP contribution in [-0.4, -0.2) is 65.2 Å². The molecule has 0 aromatic heterocycles. The maximum absolute atomic E-state index is 10.7. The van der Waals surface area contributed by atoms with Crippen LogP contribution in [0.15, 0.2) is 0 Å². The van der Waals surface area contributed by atoms with Crippen molar-refractivity contribution >= 4 is 0 Å². The van der Waals surface area contributed by atoms with E-state index in [1.807, 2.05) is 0 Å². The number of hydrogen-bond acceptors (Lipinski definition) is 6. The van der Waals surface area contributed by atoms with Gasteiger partial charge in [0.05, 0.1) is 13.1 Å². The smallest absolute Gasteiger partial charge is 0.161 e. The van der Waals surface area contributed by atoms with E-state index in [-0.39, 0.29) is 33.2 Å². The van der Waals surface area contributed by atoms with E-state index in [9.17, 15) is 20.2 Å². The number of hydrazine groups is 2. The summed E-state index contributed by atoms with van der Waals surface area (Å²) in [4.78, 5) is 22.9. The zero-order valence-electron chi connectivity index (χ0n) is 9.52. The van der Waals surface area contributed by atoms with Gasteiger partial charge in [0, 0.05) is 7.11 Å². The lowest BCUT2D eigenvalue weighted by molar-refractivity contribution is -0.677. The monoisotopic (exact) mass is 249 g/mol. The Labute approximate surface area is 97.6 Å². The van der Waals surface area contributed by atoms with Crippen molar-refractivity contribution in [3.8, 4) is 0 Å². The molecule has 0 unspecified atom stereocenters. The largest absolute Gasteiger partial charge is 0.369 e. The van der Waals surface area contributed by atoms with Gasteiger partial charge in [0.25, 0.3) is 0 Å². The van der Waals surface area contributed by atoms with Crippen molar-refractivity contribution in [3.63, 3.8) is 0 Å². The molecule has 98 valence electrons. The molecule has 1 saturated heterocycles. The number of methoxy groups -OCH3 is 1. The van der Waals surface area contributed by atoms with E-state index in [1.54, 1.807) is 0 Å². The van der Waals surface area contributed by atoms with Crippen LogP contribution in [0.2, 0.25) is 0 Å². The quantitative estimate of drug-likeness (QED) is 0.471. The van der Waals surface area contributed by atoms with Gasteiger partial charge >= 0.3 is 0 Å². The summed E-state index contributed by atoms with van der Waals surface area (Å²) in [6.45, 7) is 0.472. The predicted octanol–water partition coefficient (Wildman–Crippen LogP) is -0.802. The number of nitro groups is 2. The summed E-state index contributed by atoms with van der Waals surface area (Å²) >= 11 is 0. The van der Waals surface area contributed by atoms with Crippen LogP contribution in [0.3, 0.4) is 0 Å². The topological polar surface area (TPSA) is 105 Å². The van der Waals surface area contributed by atoms with Gasteiger partial charge in [-0.25, -0.2) is 25.1 Å². The fraction of sp³-hybridized carbons (Fsp3) is 1.00. The highest BCUT2D eigenvalue weighted by atomic mass is 16.7. The van der Waals surface area contributed by atoms with Crippen LogP contribution in [-0.2, 0) is 4.74 Å². The van der Waals surface area contributed by atoms with Gasteiger partial charge in [0.2, 0.25) is 0 Å². The molecule has 0 atom stereocenters. The second-order valence-electron chi connectivity index (χ2n) is 3.66. The minimum atomic E-state index is -0.496. The lowest BCUT2D eigenvalue weighted by Crippen LogP contribution is -2.51. The first kappa shape index (κ1) is 13.4. The molecule has 10 nitrogen and oxygen atoms in total. The summed E-state index contributed by atoms with van der Waals surface area (Å²) in [7, 11) is 1.44. The van der Waals surface area contributed by atoms with E-state index in [0.29, 0.717) is 6.42 Å². The van der Waals surface area contributed by atoms with E-state index in [1.165, 1.54) is 12.0 Å². The highest BCUT2D eigenvalue weighted by Gasteiger charge is 2.27. The Morgan fingerprint density at radius 3 is 1.94 bits per heavy atom. The molecule has 1 rings (SSSR count). The van der Waals surface area contributed by atoms with Crippen molar-refractivity contribution in [3.05, 3.63) is 20.2 Å². The molecule has 1 aliphatic heterocycles. The molecular formula is C7H15N5O5. The molecule has 1 fully saturated rings. The Balaban J connectivity index is 2.66. The van der Waals surface area contributed by atoms with E-state index in [0.717, 1.165) is 10.0 Å². The van der Waals surface area contributed by atoms with Crippen LogP contribution in [0.4, 0.5) is 0 Å². The predicted molar refractivity (Wildman–Crippen MR) is 55.5 cm³/mol. The zero-order valence-corrected chi connectivity index (χ0v) is 9.52. The zero-order chi connectivity index (χ0) is 12.8. The maximum Gasteiger partial charge on any atom is 0.161 e. The van der Waals surface area contributed by atoms with Crippen LogP contribution in [0.25, 0.3) is 0 Å². The Morgan fingerprint density at radius 2 is 1.59 bits per heavy atom. The highest BCUT2D eigenvalue weighted by molar-refractivity contribution is 4.57. The third-order valence-electron chi connectivity index (χ3n) is 2.33. The Hall–Kier alpha value is -1.68. The van der Waals surface area contributed by atoms with Crippen molar-refractivity contribution in [2.24, 2.45) is 0 Å². The minimum Gasteiger partial charge on any atom is -0.369 e. The SMILES string of the molecule is COCN1CN([N+](=O)[O-])CCCN([N+](=O)[O-])C1. The summed E-state index contributed by atoms with van der Waals surface area (Å²) in [6.07, 6.45) is 0.378. The molecule has 0 bridgehead atoms. The molecule has 1 aliphatic rings. The van der Waals surface area contributed by atoms with Crippen LogP contribution < -0.4 is 0 Å². The number of nitrogens with zero attached hydrogens (tertiary/aromatic N) is 5. The summed E-state index contributed by atoms with van der Waals surface area (Å²) < 4.78 is 4.86. The summed E-state index contributed by atoms with van der Waals surface area (Å²) in [5.74, 6) is 0. The molecule has 0 radical (unpaired) electrons. The Morgan fingerprint density at radius 1 is 1.12 bits per heavy atom. The second kappa shape index (κ2) is 6.15. The average Bonchev–Trinajstić information content (AvgIpc) is 2.20. The third kappa shape index (κ3) is 4.00. The highest BCUT2D eigenvalue weighted by Crippen LogP contribution is 2.05. The van der Waals surface area contributed by atoms with Crippen LogP contribution in [0.5, 0.6) is 0 Å². The minimum absolute atomic E-state index is 0.00514. The fourth-order valence-corrected chi connectivity index (χ4v) is 1.61. The van der Waals surface area contributed by atoms with Crippen LogP contribution in [0.1, 0.15) is 6.42 Å². The third-order valence-corrected chi connectivity index (χ3v) is 2.33. The second-order valence-corrected chi connectivity index (χ2v) is 3.66. The summed E-state index contributed by atoms with van der Waals surface area (Å²) in [6, 6.07) is 0. The van der Waals surface area contributed by atoms with Gasteiger partial charge in [-0.2, -0.15) is 0 Å². The van der Waals surface area contributed by atoms with E-state index < -0.39 is 10.1 Å². The number of rotatable bonds is 4. The Kier molecular flexibility index (Phi) is 4.84. The van der Waals surface area contributed by atoms with Crippen molar-refractivity contribution in [1.29, 1.82) is 0 Å². The molecule has 17 heavy (non-hydrogen) atoms. The molecule has 0 spiro atoms. The lowest BCUT2D eigenvalue weighted by atomic mass is 10.4. The van der Waals surface area contributed by atoms with Gasteiger partial charge in [-0.1, -0.05) is 0 Å². The maximum atomic E-state index is 10.7. The molecule has 0 N–H and O–H groups in total. The number of hydrogen-bond donors (Lipinski definition) is 0. The molecular weight excluding hydrogens is 234 g/mol. The van der Waals surface area contributed by atoms with E-state index in [4.69, 9.17) is 4.74 Å². The van der Waals surface area contributed by atoms with E-state index >= 15 is 0 Å². The average molecular weight is 249 g/mol. The van der Waals surface area contributed by atoms with Crippen molar-refractivity contribution in [2.75, 3.05) is 40.3 Å². The Bertz CT molecular complexity index is 264. The molecule has 0 aromatic rings. The summed E-state index contributed by atoms with van der Waals surface area (Å²) in [5.41, 5.74) is 0. The van der Waals surface area contributed by atoms with Gasteiger partial charge in [-0.3, -0.25) is 0 Å². The van der Waals surface area contributed by atoms with Gasteiger partial charge < -0.3 is 4.74 Å². The molecule has 10 heteroatoms.